The standard InChI is InChI=1S/C13H14N4O2S/c1-20(18,19)7-6-17-8-15-11-12(17)9-4-2-3-5-10(9)16-13(11)14/h2-5,8H,6-7H2,1H3,(H2,14,16). The zero-order chi connectivity index (χ0) is 14.3. The normalized spacial score (nSPS) is 12.2. The van der Waals surface area contributed by atoms with Crippen molar-refractivity contribution < 1.29 is 8.42 Å². The fourth-order valence-corrected chi connectivity index (χ4v) is 2.77. The van der Waals surface area contributed by atoms with Crippen LogP contribution in [0.1, 0.15) is 0 Å². The van der Waals surface area contributed by atoms with Crippen molar-refractivity contribution in [1.82, 2.24) is 14.5 Å². The molecule has 0 saturated carbocycles. The lowest BCUT2D eigenvalue weighted by Crippen LogP contribution is -2.10. The van der Waals surface area contributed by atoms with E-state index >= 15 is 0 Å². The number of sulfone groups is 1. The summed E-state index contributed by atoms with van der Waals surface area (Å²) in [7, 11) is -3.03. The van der Waals surface area contributed by atoms with Crippen LogP contribution < -0.4 is 5.73 Å². The van der Waals surface area contributed by atoms with Gasteiger partial charge in [0.2, 0.25) is 0 Å². The zero-order valence-electron chi connectivity index (χ0n) is 10.9. The second-order valence-electron chi connectivity index (χ2n) is 4.78. The second kappa shape index (κ2) is 4.45. The van der Waals surface area contributed by atoms with Gasteiger partial charge in [0.25, 0.3) is 0 Å². The SMILES string of the molecule is CS(=O)(=O)CCn1cnc2c(N)nc3ccccc3c21. The van der Waals surface area contributed by atoms with Crippen molar-refractivity contribution in [2.75, 3.05) is 17.7 Å². The number of hydrogen-bond donors (Lipinski definition) is 1. The first-order valence-corrected chi connectivity index (χ1v) is 8.18. The third-order valence-electron chi connectivity index (χ3n) is 3.18. The Morgan fingerprint density at radius 2 is 2.05 bits per heavy atom. The summed E-state index contributed by atoms with van der Waals surface area (Å²) in [5.74, 6) is 0.423. The van der Waals surface area contributed by atoms with Gasteiger partial charge in [-0.25, -0.2) is 18.4 Å². The van der Waals surface area contributed by atoms with Gasteiger partial charge in [-0.05, 0) is 6.07 Å². The Bertz CT molecular complexity index is 899. The van der Waals surface area contributed by atoms with Crippen molar-refractivity contribution in [3.63, 3.8) is 0 Å². The number of para-hydroxylation sites is 1. The molecule has 0 aliphatic heterocycles. The molecule has 2 heterocycles. The van der Waals surface area contributed by atoms with Crippen molar-refractivity contribution in [1.29, 1.82) is 0 Å². The fourth-order valence-electron chi connectivity index (χ4n) is 2.24. The Hall–Kier alpha value is -2.15. The molecule has 0 spiro atoms. The van der Waals surface area contributed by atoms with Crippen LogP contribution in [0.15, 0.2) is 30.6 Å². The summed E-state index contributed by atoms with van der Waals surface area (Å²) in [6, 6.07) is 7.60. The van der Waals surface area contributed by atoms with Gasteiger partial charge >= 0.3 is 0 Å². The predicted molar refractivity (Wildman–Crippen MR) is 79.2 cm³/mol. The predicted octanol–water partition coefficient (Wildman–Crippen LogP) is 1.21. The van der Waals surface area contributed by atoms with Gasteiger partial charge in [-0.15, -0.1) is 0 Å². The van der Waals surface area contributed by atoms with E-state index in [2.05, 4.69) is 9.97 Å². The smallest absolute Gasteiger partial charge is 0.152 e. The highest BCUT2D eigenvalue weighted by molar-refractivity contribution is 7.90. The van der Waals surface area contributed by atoms with E-state index in [9.17, 15) is 8.42 Å². The Labute approximate surface area is 116 Å². The molecule has 7 heteroatoms. The van der Waals surface area contributed by atoms with E-state index in [1.807, 2.05) is 28.8 Å². The van der Waals surface area contributed by atoms with Crippen LogP contribution in [-0.2, 0) is 16.4 Å². The fraction of sp³-hybridized carbons (Fsp3) is 0.231. The highest BCUT2D eigenvalue weighted by Crippen LogP contribution is 2.26. The van der Waals surface area contributed by atoms with Crippen LogP contribution in [0.3, 0.4) is 0 Å². The first kappa shape index (κ1) is 12.9. The lowest BCUT2D eigenvalue weighted by atomic mass is 10.2. The Kier molecular flexibility index (Phi) is 2.86. The molecule has 0 saturated heterocycles. The maximum absolute atomic E-state index is 11.3. The van der Waals surface area contributed by atoms with E-state index in [-0.39, 0.29) is 5.75 Å². The molecular formula is C13H14N4O2S. The average Bonchev–Trinajstić information content (AvgIpc) is 2.80. The van der Waals surface area contributed by atoms with Crippen molar-refractivity contribution >= 4 is 37.6 Å². The largest absolute Gasteiger partial charge is 0.382 e. The lowest BCUT2D eigenvalue weighted by Gasteiger charge is -2.07. The summed E-state index contributed by atoms with van der Waals surface area (Å²) < 4.78 is 24.5. The molecule has 0 radical (unpaired) electrons. The van der Waals surface area contributed by atoms with Gasteiger partial charge in [0.15, 0.2) is 5.82 Å². The molecule has 1 aromatic carbocycles. The van der Waals surface area contributed by atoms with Crippen LogP contribution in [0, 0.1) is 0 Å². The van der Waals surface area contributed by atoms with Crippen LogP contribution in [-0.4, -0.2) is 35.0 Å². The number of nitrogens with two attached hydrogens (primary N) is 1. The van der Waals surface area contributed by atoms with Gasteiger partial charge in [0.1, 0.15) is 15.4 Å². The molecule has 0 aliphatic carbocycles. The van der Waals surface area contributed by atoms with E-state index in [1.54, 1.807) is 6.33 Å². The molecule has 0 amide bonds. The number of anilines is 1. The number of hydrogen-bond acceptors (Lipinski definition) is 5. The quantitative estimate of drug-likeness (QED) is 0.783. The van der Waals surface area contributed by atoms with Crippen molar-refractivity contribution in [2.45, 2.75) is 6.54 Å². The first-order valence-electron chi connectivity index (χ1n) is 6.12. The zero-order valence-corrected chi connectivity index (χ0v) is 11.8. The minimum Gasteiger partial charge on any atom is -0.382 e. The number of benzene rings is 1. The van der Waals surface area contributed by atoms with E-state index in [0.717, 1.165) is 16.4 Å². The molecule has 6 nitrogen and oxygen atoms in total. The van der Waals surface area contributed by atoms with Gasteiger partial charge in [-0.2, -0.15) is 0 Å². The summed E-state index contributed by atoms with van der Waals surface area (Å²) in [5.41, 5.74) is 8.13. The van der Waals surface area contributed by atoms with E-state index < -0.39 is 9.84 Å². The third-order valence-corrected chi connectivity index (χ3v) is 4.11. The number of pyridine rings is 1. The van der Waals surface area contributed by atoms with Crippen molar-refractivity contribution in [3.05, 3.63) is 30.6 Å². The van der Waals surface area contributed by atoms with Crippen LogP contribution >= 0.6 is 0 Å². The van der Waals surface area contributed by atoms with Crippen LogP contribution in [0.5, 0.6) is 0 Å². The molecule has 3 aromatic rings. The second-order valence-corrected chi connectivity index (χ2v) is 7.04. The van der Waals surface area contributed by atoms with E-state index in [4.69, 9.17) is 5.73 Å². The van der Waals surface area contributed by atoms with Crippen LogP contribution in [0.2, 0.25) is 0 Å². The minimum absolute atomic E-state index is 0.0645. The highest BCUT2D eigenvalue weighted by Gasteiger charge is 2.13. The number of imidazole rings is 1. The Morgan fingerprint density at radius 3 is 2.80 bits per heavy atom. The topological polar surface area (TPSA) is 90.9 Å². The number of rotatable bonds is 3. The molecule has 0 atom stereocenters. The summed E-state index contributed by atoms with van der Waals surface area (Å²) in [5, 5.41) is 0.919. The Morgan fingerprint density at radius 1 is 1.30 bits per heavy atom. The number of aromatic nitrogens is 3. The molecule has 104 valence electrons. The number of nitrogens with zero attached hydrogens (tertiary/aromatic N) is 3. The molecule has 3 rings (SSSR count). The molecular weight excluding hydrogens is 276 g/mol. The summed E-state index contributed by atoms with van der Waals surface area (Å²) in [4.78, 5) is 8.56. The lowest BCUT2D eigenvalue weighted by molar-refractivity contribution is 0.595. The summed E-state index contributed by atoms with van der Waals surface area (Å²) in [6.07, 6.45) is 2.83. The van der Waals surface area contributed by atoms with Gasteiger partial charge in [0, 0.05) is 18.2 Å². The minimum atomic E-state index is -3.03. The van der Waals surface area contributed by atoms with Gasteiger partial charge < -0.3 is 10.3 Å². The third kappa shape index (κ3) is 2.20. The first-order chi connectivity index (χ1) is 9.46. The number of nitrogen functional groups attached to an aromatic ring is 1. The molecule has 0 fully saturated rings. The molecule has 0 aliphatic rings. The van der Waals surface area contributed by atoms with E-state index in [1.165, 1.54) is 6.26 Å². The Balaban J connectivity index is 2.24. The van der Waals surface area contributed by atoms with Gasteiger partial charge in [-0.1, -0.05) is 18.2 Å². The van der Waals surface area contributed by atoms with Gasteiger partial charge in [-0.3, -0.25) is 0 Å². The van der Waals surface area contributed by atoms with Crippen LogP contribution in [0.4, 0.5) is 5.82 Å². The number of fused-ring (bicyclic) bond motifs is 3. The van der Waals surface area contributed by atoms with Crippen molar-refractivity contribution in [3.8, 4) is 0 Å². The van der Waals surface area contributed by atoms with Crippen molar-refractivity contribution in [2.24, 2.45) is 0 Å². The monoisotopic (exact) mass is 290 g/mol. The summed E-state index contributed by atoms with van der Waals surface area (Å²) in [6.45, 7) is 0.350. The van der Waals surface area contributed by atoms with Crippen LogP contribution in [0.25, 0.3) is 21.9 Å². The maximum Gasteiger partial charge on any atom is 0.152 e. The highest BCUT2D eigenvalue weighted by atomic mass is 32.2. The van der Waals surface area contributed by atoms with Gasteiger partial charge in [0.05, 0.1) is 23.1 Å². The molecule has 20 heavy (non-hydrogen) atoms. The number of aryl methyl sites for hydroxylation is 1. The van der Waals surface area contributed by atoms with E-state index in [0.29, 0.717) is 17.9 Å². The molecule has 0 unspecified atom stereocenters. The molecule has 0 bridgehead atoms. The summed E-state index contributed by atoms with van der Waals surface area (Å²) >= 11 is 0. The molecule has 2 aromatic heterocycles. The average molecular weight is 290 g/mol. The maximum atomic E-state index is 11.3. The molecule has 2 N–H and O–H groups in total.